The third-order valence-electron chi connectivity index (χ3n) is 9.11. The Morgan fingerprint density at radius 2 is 1.27 bits per heavy atom. The first-order valence-corrected chi connectivity index (χ1v) is 23.9. The van der Waals surface area contributed by atoms with E-state index in [1.165, 1.54) is 0 Å². The maximum atomic E-state index is 13.1. The van der Waals surface area contributed by atoms with Crippen LogP contribution in [0.3, 0.4) is 0 Å². The zero-order chi connectivity index (χ0) is 43.1. The van der Waals surface area contributed by atoms with E-state index in [-0.39, 0.29) is 22.9 Å². The number of hydrogen-bond acceptors (Lipinski definition) is 9. The number of carbonyl (C=O) groups is 2. The summed E-state index contributed by atoms with van der Waals surface area (Å²) in [6, 6.07) is 8.44. The van der Waals surface area contributed by atoms with Gasteiger partial charge in [0.15, 0.2) is 11.3 Å². The van der Waals surface area contributed by atoms with Crippen molar-refractivity contribution >= 4 is 76.5 Å². The van der Waals surface area contributed by atoms with Gasteiger partial charge in [0.05, 0.1) is 44.6 Å². The fraction of sp³-hybridized carbons (Fsp3) is 0.333. The molecule has 0 fully saturated rings. The van der Waals surface area contributed by atoms with Crippen molar-refractivity contribution in [3.8, 4) is 22.8 Å². The highest BCUT2D eigenvalue weighted by molar-refractivity contribution is 6.76. The number of carbonyl (C=O) groups excluding carboxylic acids is 2. The van der Waals surface area contributed by atoms with Crippen LogP contribution in [0.2, 0.25) is 35.7 Å². The number of amides is 2. The number of ether oxygens (including phenoxy) is 1. The standard InChI is InChI=1S/C24H31ClN6O2Si.C18H17ClN6O/c1-24(2,3)29-23(32)17-13-31(15-33-9-10-34(4,5)6)22-20(17)28-18(11-26-22)21-19-8-7-16(25)12-30(19)14-27-21;1-18(2,3)24-17(26)11-6-20-16-14(11)23-12(7-21-16)15-13-5-4-10(19)8-25(13)9-22-15/h7-8,11-14H,9-10,15H2,1-6H3,(H,29,32);4-9H,1-3H3,(H,20,21)(H,24,26). The second-order valence-electron chi connectivity index (χ2n) is 17.8. The molecule has 0 aliphatic rings. The Balaban J connectivity index is 0.000000188. The van der Waals surface area contributed by atoms with Crippen molar-refractivity contribution in [2.45, 2.75) is 85.0 Å². The van der Waals surface area contributed by atoms with Gasteiger partial charge in [-0.3, -0.25) is 9.59 Å². The largest absolute Gasteiger partial charge is 0.361 e. The second kappa shape index (κ2) is 16.4. The van der Waals surface area contributed by atoms with E-state index in [1.54, 1.807) is 55.9 Å². The fourth-order valence-corrected chi connectivity index (χ4v) is 7.40. The van der Waals surface area contributed by atoms with Crippen molar-refractivity contribution < 1.29 is 14.3 Å². The highest BCUT2D eigenvalue weighted by Crippen LogP contribution is 2.28. The Morgan fingerprint density at radius 3 is 1.82 bits per heavy atom. The first kappa shape index (κ1) is 42.4. The van der Waals surface area contributed by atoms with Crippen molar-refractivity contribution in [3.05, 3.63) is 95.3 Å². The number of imidazole rings is 2. The van der Waals surface area contributed by atoms with Gasteiger partial charge in [0.2, 0.25) is 0 Å². The number of fused-ring (bicyclic) bond motifs is 4. The lowest BCUT2D eigenvalue weighted by Gasteiger charge is -2.20. The van der Waals surface area contributed by atoms with Gasteiger partial charge < -0.3 is 33.7 Å². The van der Waals surface area contributed by atoms with Crippen LogP contribution >= 0.6 is 23.2 Å². The molecule has 0 atom stereocenters. The summed E-state index contributed by atoms with van der Waals surface area (Å²) in [6.07, 6.45) is 13.6. The van der Waals surface area contributed by atoms with Crippen LogP contribution < -0.4 is 10.6 Å². The maximum Gasteiger partial charge on any atom is 0.255 e. The van der Waals surface area contributed by atoms with Gasteiger partial charge in [0, 0.05) is 50.5 Å². The minimum absolute atomic E-state index is 0.198. The van der Waals surface area contributed by atoms with Crippen LogP contribution in [-0.4, -0.2) is 85.8 Å². The molecule has 8 aromatic heterocycles. The molecule has 0 saturated carbocycles. The number of H-pyrrole nitrogens is 1. The van der Waals surface area contributed by atoms with Crippen molar-refractivity contribution in [3.63, 3.8) is 0 Å². The van der Waals surface area contributed by atoms with Gasteiger partial charge >= 0.3 is 0 Å². The summed E-state index contributed by atoms with van der Waals surface area (Å²) in [5, 5.41) is 7.21. The molecule has 0 saturated heterocycles. The number of nitrogens with one attached hydrogen (secondary N) is 3. The molecule has 0 unspecified atom stereocenters. The molecule has 15 nitrogen and oxygen atoms in total. The minimum Gasteiger partial charge on any atom is -0.361 e. The Kier molecular flexibility index (Phi) is 11.6. The maximum absolute atomic E-state index is 13.1. The van der Waals surface area contributed by atoms with Crippen LogP contribution in [0.15, 0.2) is 74.1 Å². The predicted molar refractivity (Wildman–Crippen MR) is 238 cm³/mol. The third-order valence-corrected chi connectivity index (χ3v) is 11.3. The van der Waals surface area contributed by atoms with E-state index in [4.69, 9.17) is 32.9 Å². The Hall–Kier alpha value is -5.68. The SMILES string of the molecule is CC(C)(C)NC(=O)c1c[nH]c2ncc(-c3ncn4cc(Cl)ccc34)nc12.CC(C)(C)NC(=O)c1cn(COCC[Si](C)(C)C)c2ncc(-c3ncn4cc(Cl)ccc34)nc12. The topological polar surface area (TPSA) is 174 Å². The molecule has 0 aliphatic heterocycles. The van der Waals surface area contributed by atoms with Crippen LogP contribution in [-0.2, 0) is 11.5 Å². The van der Waals surface area contributed by atoms with Gasteiger partial charge in [-0.2, -0.15) is 0 Å². The summed E-state index contributed by atoms with van der Waals surface area (Å²) in [6.45, 7) is 19.6. The first-order valence-electron chi connectivity index (χ1n) is 19.4. The summed E-state index contributed by atoms with van der Waals surface area (Å²) in [5.74, 6) is -0.400. The second-order valence-corrected chi connectivity index (χ2v) is 24.3. The first-order chi connectivity index (χ1) is 28.2. The van der Waals surface area contributed by atoms with Crippen molar-refractivity contribution in [1.29, 1.82) is 0 Å². The molecule has 18 heteroatoms. The monoisotopic (exact) mass is 866 g/mol. The zero-order valence-electron chi connectivity index (χ0n) is 35.1. The number of hydrogen-bond donors (Lipinski definition) is 3. The predicted octanol–water partition coefficient (Wildman–Crippen LogP) is 8.69. The molecule has 8 heterocycles. The summed E-state index contributed by atoms with van der Waals surface area (Å²) in [5.41, 5.74) is 6.61. The van der Waals surface area contributed by atoms with Gasteiger partial charge in [0.1, 0.15) is 53.2 Å². The van der Waals surface area contributed by atoms with Gasteiger partial charge in [-0.15, -0.1) is 0 Å². The van der Waals surface area contributed by atoms with E-state index < -0.39 is 8.07 Å². The molecule has 8 aromatic rings. The molecule has 3 N–H and O–H groups in total. The number of pyridine rings is 2. The molecule has 0 radical (unpaired) electrons. The van der Waals surface area contributed by atoms with Crippen molar-refractivity contribution in [1.82, 2.24) is 58.9 Å². The number of halogens is 2. The van der Waals surface area contributed by atoms with Crippen molar-refractivity contribution in [2.75, 3.05) is 6.61 Å². The lowest BCUT2D eigenvalue weighted by atomic mass is 10.1. The number of nitrogens with zero attached hydrogens (tertiary/aromatic N) is 9. The number of rotatable bonds is 9. The minimum atomic E-state index is -1.20. The Labute approximate surface area is 358 Å². The fourth-order valence-electron chi connectivity index (χ4n) is 6.31. The van der Waals surface area contributed by atoms with Crippen LogP contribution in [0.5, 0.6) is 0 Å². The average Bonchev–Trinajstić information content (AvgIpc) is 3.95. The molecular weight excluding hydrogens is 820 g/mol. The Morgan fingerprint density at radius 1 is 0.733 bits per heavy atom. The zero-order valence-corrected chi connectivity index (χ0v) is 37.6. The molecule has 0 bridgehead atoms. The Bertz CT molecular complexity index is 2880. The van der Waals surface area contributed by atoms with E-state index in [0.717, 1.165) is 17.1 Å². The number of aromatic amines is 1. The number of aromatic nitrogens is 10. The smallest absolute Gasteiger partial charge is 0.255 e. The lowest BCUT2D eigenvalue weighted by molar-refractivity contribution is 0.0884. The highest BCUT2D eigenvalue weighted by Gasteiger charge is 2.24. The van der Waals surface area contributed by atoms with Gasteiger partial charge in [0.25, 0.3) is 11.8 Å². The van der Waals surface area contributed by atoms with E-state index in [0.29, 0.717) is 79.6 Å². The highest BCUT2D eigenvalue weighted by atomic mass is 35.5. The van der Waals surface area contributed by atoms with Crippen LogP contribution in [0.25, 0.3) is 56.1 Å². The van der Waals surface area contributed by atoms with Crippen LogP contribution in [0.1, 0.15) is 62.3 Å². The molecular formula is C42H48Cl2N12O3Si. The van der Waals surface area contributed by atoms with Crippen molar-refractivity contribution in [2.24, 2.45) is 0 Å². The lowest BCUT2D eigenvalue weighted by Crippen LogP contribution is -2.40. The molecule has 0 aliphatic carbocycles. The summed E-state index contributed by atoms with van der Waals surface area (Å²) < 4.78 is 11.5. The quantitative estimate of drug-likeness (QED) is 0.0947. The van der Waals surface area contributed by atoms with E-state index in [2.05, 4.69) is 60.2 Å². The van der Waals surface area contributed by atoms with E-state index in [9.17, 15) is 9.59 Å². The summed E-state index contributed by atoms with van der Waals surface area (Å²) in [7, 11) is -1.20. The molecule has 0 aromatic carbocycles. The molecule has 0 spiro atoms. The third kappa shape index (κ3) is 9.68. The van der Waals surface area contributed by atoms with Gasteiger partial charge in [-0.25, -0.2) is 29.9 Å². The van der Waals surface area contributed by atoms with Crippen LogP contribution in [0, 0.1) is 0 Å². The summed E-state index contributed by atoms with van der Waals surface area (Å²) >= 11 is 12.1. The molecule has 312 valence electrons. The molecule has 60 heavy (non-hydrogen) atoms. The molecule has 2 amide bonds. The average molecular weight is 868 g/mol. The van der Waals surface area contributed by atoms with Gasteiger partial charge in [-0.05, 0) is 71.9 Å². The van der Waals surface area contributed by atoms with E-state index >= 15 is 0 Å². The summed E-state index contributed by atoms with van der Waals surface area (Å²) in [4.78, 5) is 56.1. The normalized spacial score (nSPS) is 12.3. The van der Waals surface area contributed by atoms with Gasteiger partial charge in [-0.1, -0.05) is 42.8 Å². The van der Waals surface area contributed by atoms with E-state index in [1.807, 2.05) is 73.1 Å². The molecule has 8 rings (SSSR count). The van der Waals surface area contributed by atoms with Crippen LogP contribution in [0.4, 0.5) is 0 Å².